The molecule has 0 saturated carbocycles. The zero-order chi connectivity index (χ0) is 13.3. The smallest absolute Gasteiger partial charge is 0.138 e. The number of nitrogens with zero attached hydrogens (tertiary/aromatic N) is 2. The van der Waals surface area contributed by atoms with Crippen LogP contribution in [0.25, 0.3) is 0 Å². The zero-order valence-electron chi connectivity index (χ0n) is 9.76. The molecular formula is C12H10Cl3N3. The van der Waals surface area contributed by atoms with Crippen molar-refractivity contribution >= 4 is 46.3 Å². The van der Waals surface area contributed by atoms with E-state index in [1.165, 1.54) is 6.33 Å². The van der Waals surface area contributed by atoms with E-state index in [4.69, 9.17) is 34.8 Å². The van der Waals surface area contributed by atoms with Gasteiger partial charge in [-0.1, -0.05) is 34.8 Å². The monoisotopic (exact) mass is 301 g/mol. The summed E-state index contributed by atoms with van der Waals surface area (Å²) in [6, 6.07) is 3.55. The molecule has 1 aromatic heterocycles. The fraction of sp³-hybridized carbons (Fsp3) is 0.167. The summed E-state index contributed by atoms with van der Waals surface area (Å²) in [5, 5.41) is 4.72. The predicted molar refractivity (Wildman–Crippen MR) is 76.3 cm³/mol. The van der Waals surface area contributed by atoms with E-state index in [9.17, 15) is 0 Å². The maximum absolute atomic E-state index is 6.15. The third-order valence-electron chi connectivity index (χ3n) is 2.52. The lowest BCUT2D eigenvalue weighted by Crippen LogP contribution is -1.99. The van der Waals surface area contributed by atoms with Gasteiger partial charge in [0.2, 0.25) is 0 Å². The van der Waals surface area contributed by atoms with Crippen LogP contribution in [0.15, 0.2) is 18.5 Å². The number of nitrogens with one attached hydrogen (secondary N) is 1. The maximum Gasteiger partial charge on any atom is 0.138 e. The number of hydrogen-bond acceptors (Lipinski definition) is 3. The highest BCUT2D eigenvalue weighted by Gasteiger charge is 2.09. The molecule has 0 spiro atoms. The topological polar surface area (TPSA) is 37.8 Å². The quantitative estimate of drug-likeness (QED) is 0.810. The minimum absolute atomic E-state index is 0.404. The van der Waals surface area contributed by atoms with E-state index in [2.05, 4.69) is 15.3 Å². The molecule has 0 atom stereocenters. The number of aromatic nitrogens is 2. The summed E-state index contributed by atoms with van der Waals surface area (Å²) in [5.74, 6) is 0.608. The van der Waals surface area contributed by atoms with Crippen molar-refractivity contribution in [2.45, 2.75) is 13.8 Å². The van der Waals surface area contributed by atoms with Crippen molar-refractivity contribution in [2.75, 3.05) is 5.32 Å². The molecule has 0 radical (unpaired) electrons. The van der Waals surface area contributed by atoms with E-state index in [1.54, 1.807) is 12.1 Å². The van der Waals surface area contributed by atoms with Gasteiger partial charge < -0.3 is 5.32 Å². The molecule has 0 unspecified atom stereocenters. The Labute approximate surface area is 120 Å². The molecule has 2 rings (SSSR count). The number of rotatable bonds is 2. The van der Waals surface area contributed by atoms with E-state index in [-0.39, 0.29) is 0 Å². The minimum Gasteiger partial charge on any atom is -0.339 e. The zero-order valence-corrected chi connectivity index (χ0v) is 12.0. The van der Waals surface area contributed by atoms with E-state index in [1.807, 2.05) is 13.8 Å². The van der Waals surface area contributed by atoms with Crippen molar-refractivity contribution in [1.82, 2.24) is 9.97 Å². The fourth-order valence-electron chi connectivity index (χ4n) is 1.42. The average molecular weight is 303 g/mol. The Hall–Kier alpha value is -1.03. The highest BCUT2D eigenvalue weighted by Crippen LogP contribution is 2.31. The second-order valence-corrected chi connectivity index (χ2v) is 5.02. The second-order valence-electron chi connectivity index (χ2n) is 3.84. The third-order valence-corrected chi connectivity index (χ3v) is 3.62. The molecule has 1 heterocycles. The van der Waals surface area contributed by atoms with Gasteiger partial charge in [-0.2, -0.15) is 0 Å². The van der Waals surface area contributed by atoms with Crippen molar-refractivity contribution in [3.05, 3.63) is 44.8 Å². The van der Waals surface area contributed by atoms with Gasteiger partial charge in [0.05, 0.1) is 10.7 Å². The lowest BCUT2D eigenvalue weighted by molar-refractivity contribution is 1.13. The van der Waals surface area contributed by atoms with Crippen molar-refractivity contribution in [3.8, 4) is 0 Å². The Morgan fingerprint density at radius 1 is 1.00 bits per heavy atom. The number of aryl methyl sites for hydroxylation is 1. The second kappa shape index (κ2) is 5.31. The standard InChI is InChI=1S/C12H10Cl3N3/c1-6-3-9(14)10(4-8(6)13)18-12-7(2)11(15)16-5-17-12/h3-5H,1-2H3,(H,16,17,18). The summed E-state index contributed by atoms with van der Waals surface area (Å²) in [5.41, 5.74) is 2.36. The highest BCUT2D eigenvalue weighted by atomic mass is 35.5. The van der Waals surface area contributed by atoms with Crippen LogP contribution >= 0.6 is 34.8 Å². The SMILES string of the molecule is Cc1cc(Cl)c(Nc2ncnc(Cl)c2C)cc1Cl. The summed E-state index contributed by atoms with van der Waals surface area (Å²) >= 11 is 18.1. The highest BCUT2D eigenvalue weighted by molar-refractivity contribution is 6.36. The fourth-order valence-corrected chi connectivity index (χ4v) is 1.99. The first-order chi connectivity index (χ1) is 8.49. The maximum atomic E-state index is 6.15. The van der Waals surface area contributed by atoms with Gasteiger partial charge in [0.25, 0.3) is 0 Å². The molecule has 0 aliphatic carbocycles. The Morgan fingerprint density at radius 3 is 2.44 bits per heavy atom. The number of hydrogen-bond donors (Lipinski definition) is 1. The van der Waals surface area contributed by atoms with Crippen molar-refractivity contribution in [1.29, 1.82) is 0 Å². The Kier molecular flexibility index (Phi) is 3.95. The molecule has 94 valence electrons. The Morgan fingerprint density at radius 2 is 1.72 bits per heavy atom. The van der Waals surface area contributed by atoms with E-state index >= 15 is 0 Å². The van der Waals surface area contributed by atoms with Gasteiger partial charge in [0.15, 0.2) is 0 Å². The van der Waals surface area contributed by atoms with Gasteiger partial charge in [-0.15, -0.1) is 0 Å². The molecule has 2 aromatic rings. The summed E-state index contributed by atoms with van der Waals surface area (Å²) < 4.78 is 0. The molecule has 0 aliphatic heterocycles. The number of benzene rings is 1. The van der Waals surface area contributed by atoms with Crippen LogP contribution in [0.1, 0.15) is 11.1 Å². The largest absolute Gasteiger partial charge is 0.339 e. The average Bonchev–Trinajstić information content (AvgIpc) is 2.32. The number of anilines is 2. The van der Waals surface area contributed by atoms with Gasteiger partial charge in [-0.3, -0.25) is 0 Å². The van der Waals surface area contributed by atoms with E-state index < -0.39 is 0 Å². The summed E-state index contributed by atoms with van der Waals surface area (Å²) in [4.78, 5) is 8.01. The molecule has 3 nitrogen and oxygen atoms in total. The molecule has 0 fully saturated rings. The summed E-state index contributed by atoms with van der Waals surface area (Å²) in [6.07, 6.45) is 1.39. The van der Waals surface area contributed by atoms with Crippen LogP contribution in [0, 0.1) is 13.8 Å². The molecule has 1 aromatic carbocycles. The van der Waals surface area contributed by atoms with Crippen LogP contribution in [0.5, 0.6) is 0 Å². The first-order valence-corrected chi connectivity index (χ1v) is 6.32. The van der Waals surface area contributed by atoms with Crippen LogP contribution in [0.3, 0.4) is 0 Å². The predicted octanol–water partition coefficient (Wildman–Crippen LogP) is 4.80. The lowest BCUT2D eigenvalue weighted by Gasteiger charge is -2.11. The normalized spacial score (nSPS) is 10.5. The van der Waals surface area contributed by atoms with E-state index in [0.29, 0.717) is 26.7 Å². The van der Waals surface area contributed by atoms with Crippen molar-refractivity contribution in [3.63, 3.8) is 0 Å². The van der Waals surface area contributed by atoms with Crippen LogP contribution in [0.4, 0.5) is 11.5 Å². The molecule has 0 bridgehead atoms. The molecule has 0 saturated heterocycles. The van der Waals surface area contributed by atoms with E-state index in [0.717, 1.165) is 11.1 Å². The van der Waals surface area contributed by atoms with Gasteiger partial charge in [-0.05, 0) is 31.5 Å². The van der Waals surface area contributed by atoms with Gasteiger partial charge in [0.1, 0.15) is 17.3 Å². The first-order valence-electron chi connectivity index (χ1n) is 5.19. The van der Waals surface area contributed by atoms with Gasteiger partial charge >= 0.3 is 0 Å². The Balaban J connectivity index is 2.40. The van der Waals surface area contributed by atoms with Crippen molar-refractivity contribution < 1.29 is 0 Å². The summed E-state index contributed by atoms with van der Waals surface area (Å²) in [6.45, 7) is 3.72. The number of halogens is 3. The molecular weight excluding hydrogens is 293 g/mol. The third kappa shape index (κ3) is 2.69. The van der Waals surface area contributed by atoms with Crippen LogP contribution < -0.4 is 5.32 Å². The summed E-state index contributed by atoms with van der Waals surface area (Å²) in [7, 11) is 0. The molecule has 0 amide bonds. The molecule has 1 N–H and O–H groups in total. The Bertz CT molecular complexity index is 599. The molecule has 6 heteroatoms. The lowest BCUT2D eigenvalue weighted by atomic mass is 10.2. The van der Waals surface area contributed by atoms with Gasteiger partial charge in [-0.25, -0.2) is 9.97 Å². The molecule has 18 heavy (non-hydrogen) atoms. The molecule has 0 aliphatic rings. The van der Waals surface area contributed by atoms with Crippen LogP contribution in [0.2, 0.25) is 15.2 Å². The van der Waals surface area contributed by atoms with Crippen LogP contribution in [-0.4, -0.2) is 9.97 Å². The van der Waals surface area contributed by atoms with Crippen LogP contribution in [-0.2, 0) is 0 Å². The minimum atomic E-state index is 0.404. The van der Waals surface area contributed by atoms with Crippen molar-refractivity contribution in [2.24, 2.45) is 0 Å². The van der Waals surface area contributed by atoms with Gasteiger partial charge in [0, 0.05) is 10.6 Å². The first kappa shape index (κ1) is 13.4.